The van der Waals surface area contributed by atoms with Gasteiger partial charge >= 0.3 is 0 Å². The predicted octanol–water partition coefficient (Wildman–Crippen LogP) is 4.22. The molecule has 0 bridgehead atoms. The number of nitrogens with zero attached hydrogens (tertiary/aromatic N) is 2. The molecule has 0 amide bonds. The minimum Gasteiger partial charge on any atom is -0.328 e. The number of halogens is 1. The Balaban J connectivity index is 1.89. The Labute approximate surface area is 131 Å². The van der Waals surface area contributed by atoms with Crippen LogP contribution in [0.3, 0.4) is 0 Å². The van der Waals surface area contributed by atoms with E-state index < -0.39 is 0 Å². The molecule has 0 spiro atoms. The summed E-state index contributed by atoms with van der Waals surface area (Å²) >= 11 is 0. The molecule has 0 saturated carbocycles. The third-order valence-electron chi connectivity index (χ3n) is 4.64. The highest BCUT2D eigenvalue weighted by atomic mass is 19.1. The first-order chi connectivity index (χ1) is 10.8. The molecule has 1 aliphatic heterocycles. The van der Waals surface area contributed by atoms with Gasteiger partial charge in [0, 0.05) is 25.1 Å². The van der Waals surface area contributed by atoms with E-state index in [-0.39, 0.29) is 5.82 Å². The van der Waals surface area contributed by atoms with Gasteiger partial charge in [0.05, 0.1) is 11.0 Å². The molecule has 120 valence electrons. The number of imidazole rings is 1. The summed E-state index contributed by atoms with van der Waals surface area (Å²) in [6.45, 7) is 5.31. The maximum atomic E-state index is 13.5. The van der Waals surface area contributed by atoms with Crippen molar-refractivity contribution in [3.8, 4) is 0 Å². The number of unbranched alkanes of at least 4 members (excludes halogenated alkanes) is 3. The summed E-state index contributed by atoms with van der Waals surface area (Å²) in [6.07, 6.45) is 7.31. The average Bonchev–Trinajstić information content (AvgIpc) is 2.90. The zero-order valence-electron chi connectivity index (χ0n) is 13.4. The van der Waals surface area contributed by atoms with E-state index in [2.05, 4.69) is 16.8 Å². The van der Waals surface area contributed by atoms with Gasteiger partial charge < -0.3 is 9.88 Å². The molecular weight excluding hydrogens is 277 g/mol. The van der Waals surface area contributed by atoms with Crippen LogP contribution in [0.2, 0.25) is 0 Å². The van der Waals surface area contributed by atoms with Crippen LogP contribution in [0, 0.1) is 5.82 Å². The highest BCUT2D eigenvalue weighted by Crippen LogP contribution is 2.27. The Hall–Kier alpha value is -1.42. The fourth-order valence-corrected chi connectivity index (χ4v) is 3.44. The summed E-state index contributed by atoms with van der Waals surface area (Å²) in [5.41, 5.74) is 1.88. The number of hydrogen-bond donors (Lipinski definition) is 1. The van der Waals surface area contributed by atoms with Crippen molar-refractivity contribution in [2.24, 2.45) is 0 Å². The molecule has 3 nitrogen and oxygen atoms in total. The number of nitrogens with one attached hydrogen (secondary N) is 1. The van der Waals surface area contributed by atoms with Crippen LogP contribution in [0.5, 0.6) is 0 Å². The van der Waals surface area contributed by atoms with Gasteiger partial charge in [-0.05, 0) is 37.9 Å². The van der Waals surface area contributed by atoms with Crippen LogP contribution < -0.4 is 5.32 Å². The first-order valence-corrected chi connectivity index (χ1v) is 8.66. The van der Waals surface area contributed by atoms with E-state index in [0.29, 0.717) is 5.92 Å². The lowest BCUT2D eigenvalue weighted by Crippen LogP contribution is -2.30. The zero-order chi connectivity index (χ0) is 15.4. The van der Waals surface area contributed by atoms with Crippen LogP contribution in [0.1, 0.15) is 57.2 Å². The van der Waals surface area contributed by atoms with Crippen LogP contribution >= 0.6 is 0 Å². The minimum atomic E-state index is -0.198. The average molecular weight is 303 g/mol. The van der Waals surface area contributed by atoms with E-state index in [9.17, 15) is 4.39 Å². The second-order valence-electron chi connectivity index (χ2n) is 6.36. The largest absolute Gasteiger partial charge is 0.328 e. The number of aryl methyl sites for hydroxylation is 1. The van der Waals surface area contributed by atoms with Crippen molar-refractivity contribution in [2.75, 3.05) is 13.1 Å². The maximum Gasteiger partial charge on any atom is 0.125 e. The molecule has 2 aromatic rings. The summed E-state index contributed by atoms with van der Waals surface area (Å²) < 4.78 is 15.8. The van der Waals surface area contributed by atoms with Crippen LogP contribution in [-0.4, -0.2) is 22.6 Å². The highest BCUT2D eigenvalue weighted by molar-refractivity contribution is 5.76. The molecule has 1 aromatic carbocycles. The molecule has 3 rings (SSSR count). The quantitative estimate of drug-likeness (QED) is 0.810. The third kappa shape index (κ3) is 3.32. The van der Waals surface area contributed by atoms with Gasteiger partial charge in [-0.25, -0.2) is 9.37 Å². The van der Waals surface area contributed by atoms with Crippen molar-refractivity contribution in [3.05, 3.63) is 29.8 Å². The standard InChI is InChI=1S/C18H26FN3/c1-2-3-4-5-11-22-17-9-8-15(19)12-16(17)21-18(22)14-7-6-10-20-13-14/h8-9,12,14,20H,2-7,10-11,13H2,1H3. The fraction of sp³-hybridized carbons (Fsp3) is 0.611. The number of fused-ring (bicyclic) bond motifs is 1. The van der Waals surface area contributed by atoms with Crippen LogP contribution in [0.15, 0.2) is 18.2 Å². The molecule has 1 aliphatic rings. The smallest absolute Gasteiger partial charge is 0.125 e. The zero-order valence-corrected chi connectivity index (χ0v) is 13.4. The van der Waals surface area contributed by atoms with E-state index in [4.69, 9.17) is 4.98 Å². The molecule has 1 N–H and O–H groups in total. The number of aromatic nitrogens is 2. The highest BCUT2D eigenvalue weighted by Gasteiger charge is 2.22. The van der Waals surface area contributed by atoms with E-state index in [1.807, 2.05) is 6.07 Å². The van der Waals surface area contributed by atoms with Gasteiger partial charge in [0.25, 0.3) is 0 Å². The van der Waals surface area contributed by atoms with E-state index in [0.717, 1.165) is 36.5 Å². The normalized spacial score (nSPS) is 18.9. The van der Waals surface area contributed by atoms with Crippen LogP contribution in [-0.2, 0) is 6.54 Å². The van der Waals surface area contributed by atoms with Gasteiger partial charge in [-0.2, -0.15) is 0 Å². The monoisotopic (exact) mass is 303 g/mol. The molecule has 2 heterocycles. The molecule has 4 heteroatoms. The second kappa shape index (κ2) is 7.23. The van der Waals surface area contributed by atoms with Crippen LogP contribution in [0.4, 0.5) is 4.39 Å². The SMILES string of the molecule is CCCCCCn1c(C2CCCNC2)nc2cc(F)ccc21. The van der Waals surface area contributed by atoms with Crippen molar-refractivity contribution in [1.82, 2.24) is 14.9 Å². The number of rotatable bonds is 6. The molecule has 1 atom stereocenters. The Bertz CT molecular complexity index is 614. The number of hydrogen-bond acceptors (Lipinski definition) is 2. The van der Waals surface area contributed by atoms with Crippen molar-refractivity contribution in [1.29, 1.82) is 0 Å². The van der Waals surface area contributed by atoms with Crippen molar-refractivity contribution < 1.29 is 4.39 Å². The van der Waals surface area contributed by atoms with Gasteiger partial charge in [0.15, 0.2) is 0 Å². The fourth-order valence-electron chi connectivity index (χ4n) is 3.44. The second-order valence-corrected chi connectivity index (χ2v) is 6.36. The predicted molar refractivity (Wildman–Crippen MR) is 88.7 cm³/mol. The molecule has 1 aromatic heterocycles. The summed E-state index contributed by atoms with van der Waals surface area (Å²) in [5.74, 6) is 1.40. The topological polar surface area (TPSA) is 29.9 Å². The van der Waals surface area contributed by atoms with Gasteiger partial charge in [-0.3, -0.25) is 0 Å². The first kappa shape index (κ1) is 15.5. The number of benzene rings is 1. The van der Waals surface area contributed by atoms with Gasteiger partial charge in [-0.15, -0.1) is 0 Å². The maximum absolute atomic E-state index is 13.5. The van der Waals surface area contributed by atoms with Gasteiger partial charge in [-0.1, -0.05) is 26.2 Å². The van der Waals surface area contributed by atoms with E-state index in [1.165, 1.54) is 38.5 Å². The lowest BCUT2D eigenvalue weighted by atomic mass is 9.99. The Kier molecular flexibility index (Phi) is 5.08. The van der Waals surface area contributed by atoms with E-state index >= 15 is 0 Å². The molecule has 0 radical (unpaired) electrons. The van der Waals surface area contributed by atoms with Crippen molar-refractivity contribution in [3.63, 3.8) is 0 Å². The Morgan fingerprint density at radius 1 is 1.32 bits per heavy atom. The molecular formula is C18H26FN3. The minimum absolute atomic E-state index is 0.198. The molecule has 22 heavy (non-hydrogen) atoms. The molecule has 1 saturated heterocycles. The van der Waals surface area contributed by atoms with Gasteiger partial charge in [0.2, 0.25) is 0 Å². The van der Waals surface area contributed by atoms with Gasteiger partial charge in [0.1, 0.15) is 11.6 Å². The van der Waals surface area contributed by atoms with Crippen molar-refractivity contribution in [2.45, 2.75) is 57.9 Å². The summed E-state index contributed by atoms with van der Waals surface area (Å²) in [4.78, 5) is 4.78. The summed E-state index contributed by atoms with van der Waals surface area (Å²) in [7, 11) is 0. The molecule has 1 fully saturated rings. The molecule has 1 unspecified atom stereocenters. The molecule has 0 aliphatic carbocycles. The lowest BCUT2D eigenvalue weighted by molar-refractivity contribution is 0.430. The van der Waals surface area contributed by atoms with Crippen LogP contribution in [0.25, 0.3) is 11.0 Å². The third-order valence-corrected chi connectivity index (χ3v) is 4.64. The summed E-state index contributed by atoms with van der Waals surface area (Å²) in [5, 5.41) is 3.47. The Morgan fingerprint density at radius 3 is 3.00 bits per heavy atom. The summed E-state index contributed by atoms with van der Waals surface area (Å²) in [6, 6.07) is 5.00. The van der Waals surface area contributed by atoms with E-state index in [1.54, 1.807) is 12.1 Å². The number of piperidine rings is 1. The van der Waals surface area contributed by atoms with Crippen molar-refractivity contribution >= 4 is 11.0 Å². The lowest BCUT2D eigenvalue weighted by Gasteiger charge is -2.23. The first-order valence-electron chi connectivity index (χ1n) is 8.66. The Morgan fingerprint density at radius 2 is 2.23 bits per heavy atom.